The minimum absolute atomic E-state index is 0.136. The fourth-order valence-electron chi connectivity index (χ4n) is 6.49. The van der Waals surface area contributed by atoms with E-state index in [0.29, 0.717) is 33.9 Å². The number of benzene rings is 5. The molecule has 3 N–H and O–H groups in total. The van der Waals surface area contributed by atoms with Gasteiger partial charge in [0.05, 0.1) is 44.1 Å². The molecule has 0 radical (unpaired) electrons. The normalized spacial score (nSPS) is 11.9. The number of ether oxygens (including phenoxy) is 4. The van der Waals surface area contributed by atoms with Gasteiger partial charge in [-0.1, -0.05) is 60.7 Å². The molecule has 1 heterocycles. The van der Waals surface area contributed by atoms with Gasteiger partial charge in [0.2, 0.25) is 15.8 Å². The highest BCUT2D eigenvalue weighted by molar-refractivity contribution is 7.93. The first kappa shape index (κ1) is 45.0. The van der Waals surface area contributed by atoms with Crippen LogP contribution in [0, 0.1) is 0 Å². The van der Waals surface area contributed by atoms with Crippen molar-refractivity contribution in [2.45, 2.75) is 55.8 Å². The van der Waals surface area contributed by atoms with Gasteiger partial charge in [-0.3, -0.25) is 0 Å². The van der Waals surface area contributed by atoms with Gasteiger partial charge in [0.25, 0.3) is 0 Å². The van der Waals surface area contributed by atoms with Gasteiger partial charge >= 0.3 is 6.09 Å². The molecule has 62 heavy (non-hydrogen) atoms. The van der Waals surface area contributed by atoms with Crippen LogP contribution in [0.2, 0.25) is 0 Å². The van der Waals surface area contributed by atoms with Crippen LogP contribution in [0.5, 0.6) is 17.2 Å². The lowest BCUT2D eigenvalue weighted by atomic mass is 9.97. The van der Waals surface area contributed by atoms with Gasteiger partial charge in [0.1, 0.15) is 27.7 Å². The predicted octanol–water partition coefficient (Wildman–Crippen LogP) is 6.35. The summed E-state index contributed by atoms with van der Waals surface area (Å²) in [5.41, 5.74) is 8.44. The van der Waals surface area contributed by atoms with Crippen LogP contribution in [-0.2, 0) is 44.2 Å². The molecule has 18 heteroatoms. The topological polar surface area (TPSA) is 207 Å². The summed E-state index contributed by atoms with van der Waals surface area (Å²) >= 11 is 0. The predicted molar refractivity (Wildman–Crippen MR) is 234 cm³/mol. The van der Waals surface area contributed by atoms with E-state index in [-0.39, 0.29) is 42.3 Å². The van der Waals surface area contributed by atoms with Crippen molar-refractivity contribution in [2.75, 3.05) is 39.4 Å². The van der Waals surface area contributed by atoms with Crippen molar-refractivity contribution >= 4 is 31.6 Å². The first-order valence-corrected chi connectivity index (χ1v) is 22.5. The van der Waals surface area contributed by atoms with Gasteiger partial charge in [0.15, 0.2) is 9.84 Å². The zero-order valence-corrected chi connectivity index (χ0v) is 36.9. The lowest BCUT2D eigenvalue weighted by Crippen LogP contribution is -2.35. The van der Waals surface area contributed by atoms with Crippen LogP contribution in [0.25, 0.3) is 22.5 Å². The SMILES string of the molecule is COc1ccc(CN(Cc2ccc(OC)cc2)S(=O)(=O)c2c(S(=O)(=O)CCNC(=O)OC(C)(C)C)ccc(-c3ccccc3N)c2-c2nnn(Cc3ccc(OC)cc3)n2)cc1. The molecule has 1 amide bonds. The van der Waals surface area contributed by atoms with E-state index in [4.69, 9.17) is 24.7 Å². The number of aromatic nitrogens is 4. The van der Waals surface area contributed by atoms with Crippen molar-refractivity contribution in [2.24, 2.45) is 0 Å². The summed E-state index contributed by atoms with van der Waals surface area (Å²) in [5, 5.41) is 15.8. The molecule has 6 aromatic rings. The minimum atomic E-state index is -4.88. The van der Waals surface area contributed by atoms with Crippen molar-refractivity contribution in [1.82, 2.24) is 29.8 Å². The molecule has 0 spiro atoms. The zero-order chi connectivity index (χ0) is 44.7. The van der Waals surface area contributed by atoms with E-state index in [1.165, 1.54) is 35.5 Å². The molecule has 0 bridgehead atoms. The second kappa shape index (κ2) is 19.0. The van der Waals surface area contributed by atoms with Crippen LogP contribution >= 0.6 is 0 Å². The number of carbonyl (C=O) groups is 1. The summed E-state index contributed by atoms with van der Waals surface area (Å²) in [6, 6.07) is 30.4. The second-order valence-corrected chi connectivity index (χ2v) is 19.1. The number of methoxy groups -OCH3 is 3. The maximum absolute atomic E-state index is 15.8. The smallest absolute Gasteiger partial charge is 0.407 e. The number of hydrogen-bond donors (Lipinski definition) is 2. The molecule has 1 aromatic heterocycles. The number of tetrazole rings is 1. The molecule has 0 aliphatic rings. The lowest BCUT2D eigenvalue weighted by molar-refractivity contribution is 0.0531. The molecule has 5 aromatic carbocycles. The minimum Gasteiger partial charge on any atom is -0.497 e. The Balaban J connectivity index is 1.58. The quantitative estimate of drug-likeness (QED) is 0.0959. The lowest BCUT2D eigenvalue weighted by Gasteiger charge is -2.26. The van der Waals surface area contributed by atoms with E-state index >= 15 is 8.42 Å². The number of para-hydroxylation sites is 1. The molecule has 0 saturated heterocycles. The highest BCUT2D eigenvalue weighted by Gasteiger charge is 2.38. The molecule has 0 saturated carbocycles. The molecule has 0 aliphatic carbocycles. The Labute approximate surface area is 361 Å². The van der Waals surface area contributed by atoms with Gasteiger partial charge in [-0.15, -0.1) is 10.2 Å². The number of alkyl carbamates (subject to hydrolysis) is 1. The highest BCUT2D eigenvalue weighted by Crippen LogP contribution is 2.43. The maximum atomic E-state index is 15.8. The van der Waals surface area contributed by atoms with Crippen LogP contribution in [0.15, 0.2) is 119 Å². The monoisotopic (exact) mass is 883 g/mol. The third kappa shape index (κ3) is 10.9. The molecule has 326 valence electrons. The number of carbonyl (C=O) groups excluding carboxylic acids is 1. The summed E-state index contributed by atoms with van der Waals surface area (Å²) in [4.78, 5) is 12.7. The Morgan fingerprint density at radius 3 is 1.77 bits per heavy atom. The molecular weight excluding hydrogens is 835 g/mol. The van der Waals surface area contributed by atoms with Crippen LogP contribution in [-0.4, -0.2) is 86.7 Å². The summed E-state index contributed by atoms with van der Waals surface area (Å²) in [5.74, 6) is 0.911. The Morgan fingerprint density at radius 2 is 1.26 bits per heavy atom. The molecule has 0 unspecified atom stereocenters. The van der Waals surface area contributed by atoms with Crippen molar-refractivity contribution in [3.8, 4) is 39.8 Å². The first-order valence-electron chi connectivity index (χ1n) is 19.4. The van der Waals surface area contributed by atoms with Crippen LogP contribution in [0.3, 0.4) is 0 Å². The number of amides is 1. The number of nitrogens with two attached hydrogens (primary N) is 1. The van der Waals surface area contributed by atoms with E-state index in [1.807, 2.05) is 12.1 Å². The van der Waals surface area contributed by atoms with E-state index in [2.05, 4.69) is 20.7 Å². The van der Waals surface area contributed by atoms with E-state index in [0.717, 1.165) is 5.56 Å². The summed E-state index contributed by atoms with van der Waals surface area (Å²) in [6.45, 7) is 4.39. The first-order chi connectivity index (χ1) is 29.5. The molecule has 6 rings (SSSR count). The summed E-state index contributed by atoms with van der Waals surface area (Å²) in [7, 11) is -4.81. The second-order valence-electron chi connectivity index (χ2n) is 15.1. The summed E-state index contributed by atoms with van der Waals surface area (Å²) in [6.07, 6.45) is -0.834. The van der Waals surface area contributed by atoms with Crippen LogP contribution in [0.1, 0.15) is 37.5 Å². The van der Waals surface area contributed by atoms with Gasteiger partial charge in [-0.2, -0.15) is 9.10 Å². The van der Waals surface area contributed by atoms with Gasteiger partial charge in [-0.05, 0) is 96.8 Å². The fraction of sp³-hybridized carbons (Fsp3) is 0.273. The van der Waals surface area contributed by atoms with Crippen LogP contribution < -0.4 is 25.3 Å². The van der Waals surface area contributed by atoms with Crippen LogP contribution in [0.4, 0.5) is 10.5 Å². The van der Waals surface area contributed by atoms with Crippen molar-refractivity contribution in [1.29, 1.82) is 0 Å². The number of sulfonamides is 1. The Kier molecular flexibility index (Phi) is 13.8. The number of nitrogen functional groups attached to an aromatic ring is 1. The van der Waals surface area contributed by atoms with Gasteiger partial charge in [0, 0.05) is 30.9 Å². The largest absolute Gasteiger partial charge is 0.497 e. The number of nitrogens with one attached hydrogen (secondary N) is 1. The Morgan fingerprint density at radius 1 is 0.726 bits per heavy atom. The van der Waals surface area contributed by atoms with Gasteiger partial charge < -0.3 is 30.0 Å². The highest BCUT2D eigenvalue weighted by atomic mass is 32.2. The standard InChI is InChI=1S/C44H49N7O9S2/c1-44(2,3)60-43(52)46-25-26-61(53,54)39-24-23-37(36-9-7-8-10-38(36)45)40(42-47-49-51(48-42)29-32-15-21-35(59-6)22-16-32)41(39)62(55,56)50(27-30-11-17-33(57-4)18-12-30)28-31-13-19-34(58-5)20-14-31/h7-24H,25-29,45H2,1-6H3,(H,46,52). The van der Waals surface area contributed by atoms with E-state index < -0.39 is 53.6 Å². The number of hydrogen-bond acceptors (Lipinski definition) is 13. The zero-order valence-electron chi connectivity index (χ0n) is 35.2. The maximum Gasteiger partial charge on any atom is 0.407 e. The van der Waals surface area contributed by atoms with E-state index in [1.54, 1.807) is 113 Å². The molecule has 0 atom stereocenters. The number of sulfone groups is 1. The van der Waals surface area contributed by atoms with Crippen molar-refractivity contribution in [3.05, 3.63) is 126 Å². The molecule has 0 fully saturated rings. The third-order valence-corrected chi connectivity index (χ3v) is 13.3. The van der Waals surface area contributed by atoms with Crippen molar-refractivity contribution in [3.63, 3.8) is 0 Å². The molecule has 0 aliphatic heterocycles. The number of anilines is 1. The number of nitrogens with zero attached hydrogens (tertiary/aromatic N) is 5. The Hall–Kier alpha value is -6.50. The van der Waals surface area contributed by atoms with E-state index in [9.17, 15) is 13.2 Å². The van der Waals surface area contributed by atoms with Gasteiger partial charge in [-0.25, -0.2) is 21.6 Å². The number of rotatable bonds is 17. The fourth-order valence-corrected chi connectivity index (χ4v) is 10.1. The Bertz CT molecular complexity index is 2670. The summed E-state index contributed by atoms with van der Waals surface area (Å²) < 4.78 is 83.4. The molecule has 16 nitrogen and oxygen atoms in total. The average molecular weight is 884 g/mol. The third-order valence-electron chi connectivity index (χ3n) is 9.54. The molecular formula is C44H49N7O9S2. The average Bonchev–Trinajstić information content (AvgIpc) is 3.71. The van der Waals surface area contributed by atoms with Crippen molar-refractivity contribution < 1.29 is 40.6 Å².